The molecule has 3 rings (SSSR count). The second-order valence-corrected chi connectivity index (χ2v) is 7.36. The molecule has 1 aliphatic rings. The zero-order chi connectivity index (χ0) is 17.5. The molecule has 1 amide bonds. The van der Waals surface area contributed by atoms with Crippen molar-refractivity contribution in [1.82, 2.24) is 5.32 Å². The molecule has 0 saturated heterocycles. The zero-order valence-electron chi connectivity index (χ0n) is 13.3. The molecule has 0 saturated carbocycles. The lowest BCUT2D eigenvalue weighted by molar-refractivity contribution is 0.0996. The lowest BCUT2D eigenvalue weighted by Crippen LogP contribution is -2.43. The van der Waals surface area contributed by atoms with E-state index >= 15 is 0 Å². The Labute approximate surface area is 150 Å². The number of carbonyl (C=O) groups is 1. The van der Waals surface area contributed by atoms with E-state index in [1.807, 2.05) is 38.1 Å². The lowest BCUT2D eigenvalue weighted by Gasteiger charge is -2.39. The molecule has 2 aromatic carbocycles. The number of halogens is 2. The topological polar surface area (TPSA) is 58.6 Å². The summed E-state index contributed by atoms with van der Waals surface area (Å²) in [4.78, 5) is 11.1. The molecular formula is C18H17Cl2NO3. The smallest absolute Gasteiger partial charge is 0.405 e. The summed E-state index contributed by atoms with van der Waals surface area (Å²) in [5.41, 5.74) is 2.35. The first kappa shape index (κ1) is 16.9. The number of hydrogen-bond donors (Lipinski definition) is 2. The maximum absolute atomic E-state index is 11.1. The number of amides is 1. The van der Waals surface area contributed by atoms with Crippen LogP contribution in [0.3, 0.4) is 0 Å². The van der Waals surface area contributed by atoms with Crippen LogP contribution in [0.2, 0.25) is 10.0 Å². The molecule has 24 heavy (non-hydrogen) atoms. The monoisotopic (exact) mass is 365 g/mol. The van der Waals surface area contributed by atoms with Crippen molar-refractivity contribution in [3.05, 3.63) is 52.0 Å². The molecular weight excluding hydrogens is 349 g/mol. The number of nitrogens with one attached hydrogen (secondary N) is 1. The van der Waals surface area contributed by atoms with Gasteiger partial charge in [-0.05, 0) is 29.3 Å². The number of hydrogen-bond acceptors (Lipinski definition) is 2. The molecule has 0 aromatic heterocycles. The molecule has 1 heterocycles. The van der Waals surface area contributed by atoms with Crippen LogP contribution < -0.4 is 10.1 Å². The fraction of sp³-hybridized carbons (Fsp3) is 0.278. The van der Waals surface area contributed by atoms with E-state index in [2.05, 4.69) is 5.32 Å². The number of ether oxygens (including phenoxy) is 1. The average molecular weight is 366 g/mol. The third-order valence-electron chi connectivity index (χ3n) is 4.23. The van der Waals surface area contributed by atoms with Crippen LogP contribution in [0.4, 0.5) is 4.79 Å². The fourth-order valence-corrected chi connectivity index (χ4v) is 3.22. The number of benzene rings is 2. The van der Waals surface area contributed by atoms with Crippen LogP contribution in [0.15, 0.2) is 36.4 Å². The highest BCUT2D eigenvalue weighted by atomic mass is 35.5. The van der Waals surface area contributed by atoms with Gasteiger partial charge in [-0.3, -0.25) is 0 Å². The fourth-order valence-electron chi connectivity index (χ4n) is 2.92. The first-order valence-electron chi connectivity index (χ1n) is 7.49. The van der Waals surface area contributed by atoms with Crippen molar-refractivity contribution in [2.24, 2.45) is 5.41 Å². The molecule has 126 valence electrons. The summed E-state index contributed by atoms with van der Waals surface area (Å²) in [6, 6.07) is 10.8. The van der Waals surface area contributed by atoms with E-state index in [0.717, 1.165) is 16.7 Å². The summed E-state index contributed by atoms with van der Waals surface area (Å²) in [5, 5.41) is 12.7. The third-order valence-corrected chi connectivity index (χ3v) is 4.97. The predicted molar refractivity (Wildman–Crippen MR) is 95.1 cm³/mol. The van der Waals surface area contributed by atoms with E-state index in [0.29, 0.717) is 22.4 Å². The summed E-state index contributed by atoms with van der Waals surface area (Å²) >= 11 is 12.0. The SMILES string of the molecule is CC1(C)COc2cc(-c3ccc(Cl)c(Cl)c3)ccc2C1NC(=O)O. The van der Waals surface area contributed by atoms with Gasteiger partial charge in [-0.15, -0.1) is 0 Å². The van der Waals surface area contributed by atoms with Crippen molar-refractivity contribution < 1.29 is 14.6 Å². The van der Waals surface area contributed by atoms with Gasteiger partial charge in [-0.2, -0.15) is 0 Å². The molecule has 0 fully saturated rings. The van der Waals surface area contributed by atoms with Crippen LogP contribution in [0.1, 0.15) is 25.5 Å². The number of rotatable bonds is 2. The Balaban J connectivity index is 2.02. The van der Waals surface area contributed by atoms with Crippen molar-refractivity contribution in [3.8, 4) is 16.9 Å². The first-order chi connectivity index (χ1) is 11.3. The molecule has 4 nitrogen and oxygen atoms in total. The van der Waals surface area contributed by atoms with Crippen LogP contribution in [-0.2, 0) is 0 Å². The van der Waals surface area contributed by atoms with Gasteiger partial charge < -0.3 is 15.2 Å². The summed E-state index contributed by atoms with van der Waals surface area (Å²) in [6.07, 6.45) is -1.05. The molecule has 0 aliphatic carbocycles. The summed E-state index contributed by atoms with van der Waals surface area (Å²) in [7, 11) is 0. The normalized spacial score (nSPS) is 18.4. The first-order valence-corrected chi connectivity index (χ1v) is 8.25. The van der Waals surface area contributed by atoms with Crippen molar-refractivity contribution >= 4 is 29.3 Å². The van der Waals surface area contributed by atoms with Gasteiger partial charge in [0.2, 0.25) is 0 Å². The van der Waals surface area contributed by atoms with Gasteiger partial charge >= 0.3 is 6.09 Å². The quantitative estimate of drug-likeness (QED) is 0.749. The second kappa shape index (κ2) is 6.19. The summed E-state index contributed by atoms with van der Waals surface area (Å²) in [6.45, 7) is 4.38. The van der Waals surface area contributed by atoms with Crippen LogP contribution in [0.25, 0.3) is 11.1 Å². The van der Waals surface area contributed by atoms with Crippen LogP contribution in [0.5, 0.6) is 5.75 Å². The van der Waals surface area contributed by atoms with Gasteiger partial charge in [0, 0.05) is 11.0 Å². The van der Waals surface area contributed by atoms with Gasteiger partial charge in [-0.25, -0.2) is 4.79 Å². The Morgan fingerprint density at radius 2 is 1.83 bits per heavy atom. The molecule has 2 aromatic rings. The minimum absolute atomic E-state index is 0.332. The number of carboxylic acid groups (broad SMARTS) is 1. The molecule has 2 N–H and O–H groups in total. The van der Waals surface area contributed by atoms with E-state index in [-0.39, 0.29) is 11.5 Å². The second-order valence-electron chi connectivity index (χ2n) is 6.54. The Morgan fingerprint density at radius 1 is 1.17 bits per heavy atom. The predicted octanol–water partition coefficient (Wildman–Crippen LogP) is 5.39. The molecule has 0 spiro atoms. The van der Waals surface area contributed by atoms with E-state index in [9.17, 15) is 4.79 Å². The third kappa shape index (κ3) is 3.17. The molecule has 0 radical (unpaired) electrons. The minimum atomic E-state index is -1.05. The highest BCUT2D eigenvalue weighted by molar-refractivity contribution is 6.42. The van der Waals surface area contributed by atoms with Gasteiger partial charge in [0.25, 0.3) is 0 Å². The number of fused-ring (bicyclic) bond motifs is 1. The maximum atomic E-state index is 11.1. The average Bonchev–Trinajstić information content (AvgIpc) is 2.52. The highest BCUT2D eigenvalue weighted by Gasteiger charge is 2.38. The highest BCUT2D eigenvalue weighted by Crippen LogP contribution is 2.44. The van der Waals surface area contributed by atoms with Crippen molar-refractivity contribution in [3.63, 3.8) is 0 Å². The van der Waals surface area contributed by atoms with E-state index < -0.39 is 6.09 Å². The Bertz CT molecular complexity index is 805. The Kier molecular flexibility index (Phi) is 4.37. The maximum Gasteiger partial charge on any atom is 0.405 e. The standard InChI is InChI=1S/C18H17Cl2NO3/c1-18(2)9-24-15-8-11(10-4-6-13(19)14(20)7-10)3-5-12(15)16(18)21-17(22)23/h3-8,16,21H,9H2,1-2H3,(H,22,23). The summed E-state index contributed by atoms with van der Waals surface area (Å²) < 4.78 is 5.87. The van der Waals surface area contributed by atoms with Crippen LogP contribution in [0, 0.1) is 5.41 Å². The molecule has 1 aliphatic heterocycles. The van der Waals surface area contributed by atoms with Gasteiger partial charge in [0.15, 0.2) is 0 Å². The lowest BCUT2D eigenvalue weighted by atomic mass is 9.78. The van der Waals surface area contributed by atoms with Crippen LogP contribution >= 0.6 is 23.2 Å². The van der Waals surface area contributed by atoms with Crippen molar-refractivity contribution in [1.29, 1.82) is 0 Å². The molecule has 1 unspecified atom stereocenters. The molecule has 1 atom stereocenters. The van der Waals surface area contributed by atoms with E-state index in [4.69, 9.17) is 33.0 Å². The largest absolute Gasteiger partial charge is 0.493 e. The minimum Gasteiger partial charge on any atom is -0.493 e. The Morgan fingerprint density at radius 3 is 2.50 bits per heavy atom. The Hall–Kier alpha value is -1.91. The molecule has 0 bridgehead atoms. The van der Waals surface area contributed by atoms with Crippen molar-refractivity contribution in [2.45, 2.75) is 19.9 Å². The van der Waals surface area contributed by atoms with Gasteiger partial charge in [0.1, 0.15) is 5.75 Å². The van der Waals surface area contributed by atoms with E-state index in [1.165, 1.54) is 0 Å². The van der Waals surface area contributed by atoms with Crippen molar-refractivity contribution in [2.75, 3.05) is 6.61 Å². The summed E-state index contributed by atoms with van der Waals surface area (Å²) in [5.74, 6) is 0.677. The molecule has 6 heteroatoms. The van der Waals surface area contributed by atoms with Gasteiger partial charge in [0.05, 0.1) is 22.7 Å². The van der Waals surface area contributed by atoms with E-state index in [1.54, 1.807) is 12.1 Å². The zero-order valence-corrected chi connectivity index (χ0v) is 14.8. The van der Waals surface area contributed by atoms with Crippen LogP contribution in [-0.4, -0.2) is 17.8 Å². The van der Waals surface area contributed by atoms with Gasteiger partial charge in [-0.1, -0.05) is 55.2 Å².